The minimum Gasteiger partial charge on any atom is -0.495 e. The molecule has 6 nitrogen and oxygen atoms in total. The Morgan fingerprint density at radius 1 is 1.47 bits per heavy atom. The number of sulfonamides is 1. The minimum atomic E-state index is -3.72. The number of carboxylic acids is 1. The van der Waals surface area contributed by atoms with Gasteiger partial charge in [-0.15, -0.1) is 0 Å². The molecule has 0 aliphatic carbocycles. The molecule has 0 aliphatic rings. The highest BCUT2D eigenvalue weighted by Gasteiger charge is 2.17. The lowest BCUT2D eigenvalue weighted by Crippen LogP contribution is -2.19. The molecule has 0 atom stereocenters. The SMILES string of the molecule is COc1cc(Br)cc(C)c1NS(=O)(=O)CCC(=O)O. The van der Waals surface area contributed by atoms with Crippen LogP contribution in [0.4, 0.5) is 5.69 Å². The third-order valence-corrected chi connectivity index (χ3v) is 4.04. The third kappa shape index (κ3) is 4.71. The van der Waals surface area contributed by atoms with E-state index in [1.165, 1.54) is 7.11 Å². The average molecular weight is 352 g/mol. The van der Waals surface area contributed by atoms with Gasteiger partial charge in [0.2, 0.25) is 10.0 Å². The van der Waals surface area contributed by atoms with Crippen molar-refractivity contribution in [3.05, 3.63) is 22.2 Å². The average Bonchev–Trinajstić information content (AvgIpc) is 2.30. The number of aliphatic carboxylic acids is 1. The van der Waals surface area contributed by atoms with Crippen LogP contribution in [0, 0.1) is 6.92 Å². The molecule has 0 aromatic heterocycles. The van der Waals surface area contributed by atoms with Crippen LogP contribution < -0.4 is 9.46 Å². The highest BCUT2D eigenvalue weighted by molar-refractivity contribution is 9.10. The first-order chi connectivity index (χ1) is 8.75. The summed E-state index contributed by atoms with van der Waals surface area (Å²) in [5, 5.41) is 8.51. The Kier molecular flexibility index (Phi) is 5.19. The predicted octanol–water partition coefficient (Wildman–Crippen LogP) is 1.98. The molecule has 0 saturated heterocycles. The van der Waals surface area contributed by atoms with Crippen LogP contribution in [0.3, 0.4) is 0 Å². The molecule has 8 heteroatoms. The summed E-state index contributed by atoms with van der Waals surface area (Å²) in [7, 11) is -2.30. The van der Waals surface area contributed by atoms with Gasteiger partial charge in [0, 0.05) is 4.47 Å². The van der Waals surface area contributed by atoms with Crippen LogP contribution in [0.1, 0.15) is 12.0 Å². The van der Waals surface area contributed by atoms with Crippen LogP contribution >= 0.6 is 15.9 Å². The van der Waals surface area contributed by atoms with Crippen molar-refractivity contribution in [2.24, 2.45) is 0 Å². The van der Waals surface area contributed by atoms with Crippen molar-refractivity contribution in [2.75, 3.05) is 17.6 Å². The Balaban J connectivity index is 3.02. The van der Waals surface area contributed by atoms with E-state index in [9.17, 15) is 13.2 Å². The molecule has 0 unspecified atom stereocenters. The molecule has 0 fully saturated rings. The summed E-state index contributed by atoms with van der Waals surface area (Å²) in [6, 6.07) is 3.36. The van der Waals surface area contributed by atoms with Crippen LogP contribution in [0.15, 0.2) is 16.6 Å². The first-order valence-corrected chi connectivity index (χ1v) is 7.76. The molecule has 106 valence electrons. The number of benzene rings is 1. The molecule has 1 aromatic carbocycles. The largest absolute Gasteiger partial charge is 0.495 e. The molecule has 0 aliphatic heterocycles. The Morgan fingerprint density at radius 2 is 2.11 bits per heavy atom. The van der Waals surface area contributed by atoms with Crippen LogP contribution in [0.5, 0.6) is 5.75 Å². The molecule has 19 heavy (non-hydrogen) atoms. The van der Waals surface area contributed by atoms with Crippen molar-refractivity contribution in [2.45, 2.75) is 13.3 Å². The molecule has 1 aromatic rings. The normalized spacial score (nSPS) is 11.1. The summed E-state index contributed by atoms with van der Waals surface area (Å²) in [4.78, 5) is 10.4. The molecule has 0 saturated carbocycles. The van der Waals surface area contributed by atoms with Crippen molar-refractivity contribution >= 4 is 37.6 Å². The maximum Gasteiger partial charge on any atom is 0.304 e. The van der Waals surface area contributed by atoms with Gasteiger partial charge >= 0.3 is 5.97 Å². The van der Waals surface area contributed by atoms with Gasteiger partial charge in [-0.2, -0.15) is 0 Å². The number of carbonyl (C=O) groups is 1. The van der Waals surface area contributed by atoms with Crippen LogP contribution in [-0.4, -0.2) is 32.4 Å². The second kappa shape index (κ2) is 6.25. The van der Waals surface area contributed by atoms with E-state index in [0.29, 0.717) is 17.0 Å². The Hall–Kier alpha value is -1.28. The first kappa shape index (κ1) is 15.8. The lowest BCUT2D eigenvalue weighted by molar-refractivity contribution is -0.136. The van der Waals surface area contributed by atoms with Crippen molar-refractivity contribution in [1.29, 1.82) is 0 Å². The summed E-state index contributed by atoms with van der Waals surface area (Å²) >= 11 is 3.28. The molecule has 0 amide bonds. The second-order valence-electron chi connectivity index (χ2n) is 3.86. The highest BCUT2D eigenvalue weighted by atomic mass is 79.9. The summed E-state index contributed by atoms with van der Waals surface area (Å²) in [5.74, 6) is -1.28. The molecule has 0 bridgehead atoms. The van der Waals surface area contributed by atoms with Gasteiger partial charge in [0.05, 0.1) is 25.0 Å². The first-order valence-electron chi connectivity index (χ1n) is 5.31. The van der Waals surface area contributed by atoms with Crippen LogP contribution in [0.2, 0.25) is 0 Å². The van der Waals surface area contributed by atoms with E-state index < -0.39 is 28.2 Å². The molecular formula is C11H14BrNO5S. The minimum absolute atomic E-state index is 0.316. The van der Waals surface area contributed by atoms with E-state index in [0.717, 1.165) is 4.47 Å². The zero-order valence-electron chi connectivity index (χ0n) is 10.4. The third-order valence-electron chi connectivity index (χ3n) is 2.33. The number of hydrogen-bond donors (Lipinski definition) is 2. The Morgan fingerprint density at radius 3 is 2.63 bits per heavy atom. The van der Waals surface area contributed by atoms with Gasteiger partial charge in [-0.25, -0.2) is 8.42 Å². The second-order valence-corrected chi connectivity index (χ2v) is 6.62. The number of aryl methyl sites for hydroxylation is 1. The topological polar surface area (TPSA) is 92.7 Å². The predicted molar refractivity (Wildman–Crippen MR) is 75.1 cm³/mol. The van der Waals surface area contributed by atoms with Crippen molar-refractivity contribution < 1.29 is 23.1 Å². The van der Waals surface area contributed by atoms with Crippen LogP contribution in [-0.2, 0) is 14.8 Å². The molecule has 0 spiro atoms. The van der Waals surface area contributed by atoms with Crippen LogP contribution in [0.25, 0.3) is 0 Å². The van der Waals surface area contributed by atoms with Gasteiger partial charge in [0.15, 0.2) is 0 Å². The summed E-state index contributed by atoms with van der Waals surface area (Å²) in [6.45, 7) is 1.72. The smallest absolute Gasteiger partial charge is 0.304 e. The number of nitrogens with one attached hydrogen (secondary N) is 1. The van der Waals surface area contributed by atoms with E-state index in [-0.39, 0.29) is 0 Å². The number of methoxy groups -OCH3 is 1. The van der Waals surface area contributed by atoms with Gasteiger partial charge in [-0.3, -0.25) is 9.52 Å². The van der Waals surface area contributed by atoms with Crippen molar-refractivity contribution in [3.63, 3.8) is 0 Å². The van der Waals surface area contributed by atoms with Crippen molar-refractivity contribution in [1.82, 2.24) is 0 Å². The number of ether oxygens (including phenoxy) is 1. The molecule has 0 heterocycles. The standard InChI is InChI=1S/C11H14BrNO5S/c1-7-5-8(12)6-9(18-2)11(7)13-19(16,17)4-3-10(14)15/h5-6,13H,3-4H2,1-2H3,(H,14,15). The number of carboxylic acid groups (broad SMARTS) is 1. The molecule has 2 N–H and O–H groups in total. The maximum atomic E-state index is 11.8. The molecule has 0 radical (unpaired) electrons. The molecular weight excluding hydrogens is 338 g/mol. The fourth-order valence-electron chi connectivity index (χ4n) is 1.43. The van der Waals surface area contributed by atoms with E-state index >= 15 is 0 Å². The van der Waals surface area contributed by atoms with Gasteiger partial charge in [-0.05, 0) is 24.6 Å². The van der Waals surface area contributed by atoms with E-state index in [4.69, 9.17) is 9.84 Å². The lowest BCUT2D eigenvalue weighted by atomic mass is 10.2. The zero-order valence-corrected chi connectivity index (χ0v) is 12.8. The fourth-order valence-corrected chi connectivity index (χ4v) is 3.10. The van der Waals surface area contributed by atoms with Gasteiger partial charge < -0.3 is 9.84 Å². The Labute approximate surface area is 120 Å². The number of hydrogen-bond acceptors (Lipinski definition) is 4. The number of rotatable bonds is 6. The van der Waals surface area contributed by atoms with Gasteiger partial charge in [0.1, 0.15) is 5.75 Å². The Bertz CT molecular complexity index is 585. The summed E-state index contributed by atoms with van der Waals surface area (Å²) in [5.41, 5.74) is 0.987. The van der Waals surface area contributed by atoms with E-state index in [1.54, 1.807) is 19.1 Å². The zero-order chi connectivity index (χ0) is 14.6. The van der Waals surface area contributed by atoms with E-state index in [2.05, 4.69) is 20.7 Å². The number of halogens is 1. The maximum absolute atomic E-state index is 11.8. The number of anilines is 1. The quantitative estimate of drug-likeness (QED) is 0.817. The van der Waals surface area contributed by atoms with Gasteiger partial charge in [-0.1, -0.05) is 15.9 Å². The summed E-state index contributed by atoms with van der Waals surface area (Å²) < 4.78 is 31.8. The summed E-state index contributed by atoms with van der Waals surface area (Å²) in [6.07, 6.45) is -0.451. The monoisotopic (exact) mass is 351 g/mol. The lowest BCUT2D eigenvalue weighted by Gasteiger charge is -2.14. The molecule has 1 rings (SSSR count). The van der Waals surface area contributed by atoms with Crippen molar-refractivity contribution in [3.8, 4) is 5.75 Å². The van der Waals surface area contributed by atoms with E-state index in [1.807, 2.05) is 0 Å². The fraction of sp³-hybridized carbons (Fsp3) is 0.364. The highest BCUT2D eigenvalue weighted by Crippen LogP contribution is 2.32. The van der Waals surface area contributed by atoms with Gasteiger partial charge in [0.25, 0.3) is 0 Å².